The molecule has 2 rings (SSSR count). The van der Waals surface area contributed by atoms with Crippen LogP contribution in [0.15, 0.2) is 47.2 Å². The fourth-order valence-corrected chi connectivity index (χ4v) is 2.05. The summed E-state index contributed by atoms with van der Waals surface area (Å²) >= 11 is 3.35. The lowest BCUT2D eigenvalue weighted by atomic mass is 10.1. The summed E-state index contributed by atoms with van der Waals surface area (Å²) in [6, 6.07) is 8.26. The molecule has 1 aromatic carbocycles. The summed E-state index contributed by atoms with van der Waals surface area (Å²) in [6.07, 6.45) is 3.41. The normalized spacial score (nSPS) is 12.2. The van der Waals surface area contributed by atoms with Crippen LogP contribution < -0.4 is 11.1 Å². The van der Waals surface area contributed by atoms with Gasteiger partial charge in [-0.25, -0.2) is 4.39 Å². The first-order valence-electron chi connectivity index (χ1n) is 5.52. The van der Waals surface area contributed by atoms with Crippen LogP contribution in [0.4, 0.5) is 10.1 Å². The van der Waals surface area contributed by atoms with Gasteiger partial charge in [-0.3, -0.25) is 4.98 Å². The number of halogens is 2. The minimum atomic E-state index is -0.293. The van der Waals surface area contributed by atoms with Crippen LogP contribution in [0.2, 0.25) is 0 Å². The van der Waals surface area contributed by atoms with E-state index in [2.05, 4.69) is 26.2 Å². The number of hydrogen-bond acceptors (Lipinski definition) is 3. The molecule has 94 valence electrons. The average molecular weight is 310 g/mol. The van der Waals surface area contributed by atoms with E-state index in [1.807, 2.05) is 6.07 Å². The molecule has 0 aliphatic carbocycles. The summed E-state index contributed by atoms with van der Waals surface area (Å²) in [5, 5.41) is 3.08. The minimum Gasteiger partial charge on any atom is -0.375 e. The highest BCUT2D eigenvalue weighted by Crippen LogP contribution is 2.22. The van der Waals surface area contributed by atoms with E-state index in [-0.39, 0.29) is 11.9 Å². The van der Waals surface area contributed by atoms with Crippen molar-refractivity contribution in [2.24, 2.45) is 5.73 Å². The largest absolute Gasteiger partial charge is 0.375 e. The zero-order valence-corrected chi connectivity index (χ0v) is 11.2. The standard InChI is InChI=1S/C13H13BrFN3/c14-10-5-9(7-17-8-10)13(6-16)18-12-4-2-1-3-11(12)15/h1-5,7-8,13,18H,6,16H2. The number of pyridine rings is 1. The molecule has 0 saturated heterocycles. The van der Waals surface area contributed by atoms with Gasteiger partial charge in [0.1, 0.15) is 5.82 Å². The number of nitrogens with two attached hydrogens (primary N) is 1. The van der Waals surface area contributed by atoms with Crippen molar-refractivity contribution >= 4 is 21.6 Å². The van der Waals surface area contributed by atoms with Gasteiger partial charge in [0.25, 0.3) is 0 Å². The molecule has 5 heteroatoms. The molecule has 0 spiro atoms. The number of nitrogens with one attached hydrogen (secondary N) is 1. The van der Waals surface area contributed by atoms with Gasteiger partial charge in [-0.15, -0.1) is 0 Å². The number of nitrogens with zero attached hydrogens (tertiary/aromatic N) is 1. The van der Waals surface area contributed by atoms with Gasteiger partial charge in [-0.2, -0.15) is 0 Å². The topological polar surface area (TPSA) is 50.9 Å². The van der Waals surface area contributed by atoms with Crippen LogP contribution in [-0.4, -0.2) is 11.5 Å². The minimum absolute atomic E-state index is 0.174. The van der Waals surface area contributed by atoms with Crippen molar-refractivity contribution in [3.05, 3.63) is 58.6 Å². The van der Waals surface area contributed by atoms with Gasteiger partial charge in [0.15, 0.2) is 0 Å². The van der Waals surface area contributed by atoms with Gasteiger partial charge < -0.3 is 11.1 Å². The molecule has 0 fully saturated rings. The maximum Gasteiger partial charge on any atom is 0.146 e. The zero-order chi connectivity index (χ0) is 13.0. The van der Waals surface area contributed by atoms with Crippen molar-refractivity contribution in [3.8, 4) is 0 Å². The molecule has 3 N–H and O–H groups in total. The van der Waals surface area contributed by atoms with E-state index in [1.54, 1.807) is 30.6 Å². The van der Waals surface area contributed by atoms with Gasteiger partial charge >= 0.3 is 0 Å². The maximum atomic E-state index is 13.6. The maximum absolute atomic E-state index is 13.6. The molecule has 0 radical (unpaired) electrons. The monoisotopic (exact) mass is 309 g/mol. The lowest BCUT2D eigenvalue weighted by Crippen LogP contribution is -2.21. The lowest BCUT2D eigenvalue weighted by molar-refractivity contribution is 0.625. The highest BCUT2D eigenvalue weighted by Gasteiger charge is 2.12. The van der Waals surface area contributed by atoms with Crippen LogP contribution in [0.25, 0.3) is 0 Å². The summed E-state index contributed by atoms with van der Waals surface area (Å²) in [5.41, 5.74) is 7.07. The molecule has 1 aromatic heterocycles. The SMILES string of the molecule is NCC(Nc1ccccc1F)c1cncc(Br)c1. The fourth-order valence-electron chi connectivity index (χ4n) is 1.66. The van der Waals surface area contributed by atoms with Crippen molar-refractivity contribution in [1.82, 2.24) is 4.98 Å². The summed E-state index contributed by atoms with van der Waals surface area (Å²) in [7, 11) is 0. The first-order valence-corrected chi connectivity index (χ1v) is 6.31. The molecular weight excluding hydrogens is 297 g/mol. The predicted molar refractivity (Wildman–Crippen MR) is 73.8 cm³/mol. The number of benzene rings is 1. The third-order valence-corrected chi connectivity index (χ3v) is 3.00. The molecule has 1 heterocycles. The lowest BCUT2D eigenvalue weighted by Gasteiger charge is -2.18. The summed E-state index contributed by atoms with van der Waals surface area (Å²) in [6.45, 7) is 0.354. The number of rotatable bonds is 4. The van der Waals surface area contributed by atoms with E-state index in [1.165, 1.54) is 6.07 Å². The summed E-state index contributed by atoms with van der Waals surface area (Å²) < 4.78 is 14.4. The van der Waals surface area contributed by atoms with E-state index in [0.717, 1.165) is 10.0 Å². The number of para-hydroxylation sites is 1. The van der Waals surface area contributed by atoms with Crippen LogP contribution in [0.3, 0.4) is 0 Å². The second kappa shape index (κ2) is 5.93. The van der Waals surface area contributed by atoms with E-state index < -0.39 is 0 Å². The second-order valence-corrected chi connectivity index (χ2v) is 4.76. The Hall–Kier alpha value is -1.46. The third-order valence-electron chi connectivity index (χ3n) is 2.57. The fraction of sp³-hybridized carbons (Fsp3) is 0.154. The van der Waals surface area contributed by atoms with Gasteiger partial charge in [0.05, 0.1) is 11.7 Å². The smallest absolute Gasteiger partial charge is 0.146 e. The van der Waals surface area contributed by atoms with Crippen LogP contribution in [0, 0.1) is 5.82 Å². The van der Waals surface area contributed by atoms with Gasteiger partial charge in [-0.05, 0) is 39.7 Å². The Morgan fingerprint density at radius 3 is 2.78 bits per heavy atom. The van der Waals surface area contributed by atoms with E-state index >= 15 is 0 Å². The Kier molecular flexibility index (Phi) is 4.28. The molecule has 0 aliphatic heterocycles. The van der Waals surface area contributed by atoms with E-state index in [9.17, 15) is 4.39 Å². The number of anilines is 1. The highest BCUT2D eigenvalue weighted by atomic mass is 79.9. The highest BCUT2D eigenvalue weighted by molar-refractivity contribution is 9.10. The Morgan fingerprint density at radius 1 is 1.33 bits per heavy atom. The van der Waals surface area contributed by atoms with E-state index in [0.29, 0.717) is 12.2 Å². The van der Waals surface area contributed by atoms with Crippen LogP contribution in [0.5, 0.6) is 0 Å². The van der Waals surface area contributed by atoms with Crippen LogP contribution >= 0.6 is 15.9 Å². The molecule has 18 heavy (non-hydrogen) atoms. The van der Waals surface area contributed by atoms with Crippen LogP contribution in [0.1, 0.15) is 11.6 Å². The molecular formula is C13H13BrFN3. The Morgan fingerprint density at radius 2 is 2.11 bits per heavy atom. The first kappa shape index (κ1) is 13.0. The number of aromatic nitrogens is 1. The molecule has 1 atom stereocenters. The Bertz CT molecular complexity index is 533. The molecule has 0 aliphatic rings. The number of hydrogen-bond donors (Lipinski definition) is 2. The molecule has 2 aromatic rings. The second-order valence-electron chi connectivity index (χ2n) is 3.85. The third kappa shape index (κ3) is 3.05. The van der Waals surface area contributed by atoms with Crippen LogP contribution in [-0.2, 0) is 0 Å². The van der Waals surface area contributed by atoms with Crippen molar-refractivity contribution in [2.45, 2.75) is 6.04 Å². The molecule has 0 bridgehead atoms. The summed E-state index contributed by atoms with van der Waals surface area (Å²) in [5.74, 6) is -0.293. The van der Waals surface area contributed by atoms with Gasteiger partial charge in [0, 0.05) is 23.4 Å². The van der Waals surface area contributed by atoms with Gasteiger partial charge in [-0.1, -0.05) is 12.1 Å². The Balaban J connectivity index is 2.23. The molecule has 0 amide bonds. The van der Waals surface area contributed by atoms with Crippen molar-refractivity contribution < 1.29 is 4.39 Å². The Labute approximate surface area is 113 Å². The van der Waals surface area contributed by atoms with Crippen molar-refractivity contribution in [2.75, 3.05) is 11.9 Å². The van der Waals surface area contributed by atoms with Gasteiger partial charge in [0.2, 0.25) is 0 Å². The molecule has 3 nitrogen and oxygen atoms in total. The van der Waals surface area contributed by atoms with Crippen molar-refractivity contribution in [1.29, 1.82) is 0 Å². The quantitative estimate of drug-likeness (QED) is 0.912. The summed E-state index contributed by atoms with van der Waals surface area (Å²) in [4.78, 5) is 4.08. The van der Waals surface area contributed by atoms with E-state index in [4.69, 9.17) is 5.73 Å². The predicted octanol–water partition coefficient (Wildman–Crippen LogP) is 3.10. The molecule has 1 unspecified atom stereocenters. The van der Waals surface area contributed by atoms with Crippen molar-refractivity contribution in [3.63, 3.8) is 0 Å². The first-order chi connectivity index (χ1) is 8.70. The average Bonchev–Trinajstić information content (AvgIpc) is 2.38. The molecule has 0 saturated carbocycles. The zero-order valence-electron chi connectivity index (χ0n) is 9.61.